The lowest BCUT2D eigenvalue weighted by atomic mass is 10.2. The van der Waals surface area contributed by atoms with Gasteiger partial charge in [0.2, 0.25) is 0 Å². The second kappa shape index (κ2) is 12.0. The van der Waals surface area contributed by atoms with Gasteiger partial charge in [-0.1, -0.05) is 30.3 Å². The van der Waals surface area contributed by atoms with Crippen molar-refractivity contribution in [2.45, 2.75) is 38.6 Å². The van der Waals surface area contributed by atoms with Crippen molar-refractivity contribution in [1.29, 1.82) is 0 Å². The summed E-state index contributed by atoms with van der Waals surface area (Å²) in [6.45, 7) is 12.2. The van der Waals surface area contributed by atoms with E-state index in [0.717, 1.165) is 71.7 Å². The molecule has 3 heterocycles. The molecular weight excluding hydrogens is 434 g/mol. The van der Waals surface area contributed by atoms with Crippen LogP contribution in [0.5, 0.6) is 0 Å². The summed E-state index contributed by atoms with van der Waals surface area (Å²) < 4.78 is 5.71. The van der Waals surface area contributed by atoms with Crippen LogP contribution in [0.2, 0.25) is 0 Å². The fourth-order valence-electron chi connectivity index (χ4n) is 5.26. The van der Waals surface area contributed by atoms with Crippen LogP contribution in [-0.2, 0) is 16.1 Å². The molecule has 2 unspecified atom stereocenters. The molecule has 0 aliphatic carbocycles. The average molecular weight is 474 g/mol. The molecule has 0 spiro atoms. The van der Waals surface area contributed by atoms with E-state index in [1.165, 1.54) is 5.56 Å². The zero-order chi connectivity index (χ0) is 23.9. The quantitative estimate of drug-likeness (QED) is 0.512. The molecule has 0 radical (unpaired) electrons. The molecule has 188 valence electrons. The van der Waals surface area contributed by atoms with Gasteiger partial charge in [-0.25, -0.2) is 4.79 Å². The van der Waals surface area contributed by atoms with E-state index in [-0.39, 0.29) is 24.9 Å². The highest BCUT2D eigenvalue weighted by molar-refractivity contribution is 5.70. The fraction of sp³-hybridized carbons (Fsp3) is 0.680. The number of aliphatic carboxylic acids is 1. The monoisotopic (exact) mass is 473 g/mol. The van der Waals surface area contributed by atoms with Gasteiger partial charge in [0.25, 0.3) is 0 Å². The topological polar surface area (TPSA) is 79.8 Å². The highest BCUT2D eigenvalue weighted by Gasteiger charge is 2.42. The lowest BCUT2D eigenvalue weighted by Gasteiger charge is -2.37. The first-order valence-electron chi connectivity index (χ1n) is 12.6. The molecule has 3 saturated heterocycles. The van der Waals surface area contributed by atoms with Crippen molar-refractivity contribution in [2.75, 3.05) is 72.0 Å². The van der Waals surface area contributed by atoms with E-state index >= 15 is 0 Å². The summed E-state index contributed by atoms with van der Waals surface area (Å²) in [5.41, 5.74) is 1.38. The van der Waals surface area contributed by atoms with Crippen molar-refractivity contribution >= 4 is 12.1 Å². The number of cyclic esters (lactones) is 1. The second-order valence-corrected chi connectivity index (χ2v) is 9.72. The van der Waals surface area contributed by atoms with Gasteiger partial charge in [-0.3, -0.25) is 19.5 Å². The number of benzene rings is 1. The first-order chi connectivity index (χ1) is 16.5. The van der Waals surface area contributed by atoms with E-state index in [1.54, 1.807) is 0 Å². The molecule has 1 aromatic rings. The molecule has 1 aromatic carbocycles. The molecular formula is C25H39N5O4. The maximum Gasteiger partial charge on any atom is 0.411 e. The van der Waals surface area contributed by atoms with Gasteiger partial charge in [0.1, 0.15) is 0 Å². The summed E-state index contributed by atoms with van der Waals surface area (Å²) in [4.78, 5) is 34.4. The molecule has 9 heteroatoms. The van der Waals surface area contributed by atoms with E-state index in [0.29, 0.717) is 13.1 Å². The Morgan fingerprint density at radius 1 is 0.912 bits per heavy atom. The van der Waals surface area contributed by atoms with Gasteiger partial charge >= 0.3 is 12.1 Å². The van der Waals surface area contributed by atoms with Gasteiger partial charge in [0.05, 0.1) is 12.6 Å². The van der Waals surface area contributed by atoms with Crippen molar-refractivity contribution in [2.24, 2.45) is 0 Å². The van der Waals surface area contributed by atoms with Crippen LogP contribution in [0, 0.1) is 0 Å². The minimum atomic E-state index is -0.797. The molecule has 1 N–H and O–H groups in total. The Morgan fingerprint density at radius 2 is 1.53 bits per heavy atom. The molecule has 1 amide bonds. The SMILES string of the molecule is CC1C(N2CCN(CC(=O)O)CC2)OC(=O)N1CCCCN1CCN(Cc2ccccc2)CC1. The normalized spacial score (nSPS) is 25.6. The summed E-state index contributed by atoms with van der Waals surface area (Å²) in [6, 6.07) is 10.7. The smallest absolute Gasteiger partial charge is 0.411 e. The van der Waals surface area contributed by atoms with Crippen molar-refractivity contribution in [1.82, 2.24) is 24.5 Å². The van der Waals surface area contributed by atoms with Gasteiger partial charge in [-0.15, -0.1) is 0 Å². The van der Waals surface area contributed by atoms with Crippen molar-refractivity contribution in [3.05, 3.63) is 35.9 Å². The molecule has 3 fully saturated rings. The average Bonchev–Trinajstić information content (AvgIpc) is 3.12. The number of carbonyl (C=O) groups excluding carboxylic acids is 1. The lowest BCUT2D eigenvalue weighted by molar-refractivity contribution is -0.139. The van der Waals surface area contributed by atoms with E-state index in [1.807, 2.05) is 9.80 Å². The zero-order valence-corrected chi connectivity index (χ0v) is 20.3. The van der Waals surface area contributed by atoms with Gasteiger partial charge in [0.15, 0.2) is 6.23 Å². The standard InChI is InChI=1S/C25H39N5O4/c1-21-24(29-17-15-28(16-18-29)20-23(31)32)34-25(33)30(21)10-6-5-9-26-11-13-27(14-12-26)19-22-7-3-2-4-8-22/h2-4,7-8,21,24H,5-6,9-20H2,1H3,(H,31,32). The Morgan fingerprint density at radius 3 is 2.21 bits per heavy atom. The number of nitrogens with zero attached hydrogens (tertiary/aromatic N) is 5. The number of rotatable bonds is 10. The zero-order valence-electron chi connectivity index (χ0n) is 20.3. The van der Waals surface area contributed by atoms with Crippen LogP contribution in [-0.4, -0.2) is 126 Å². The Kier molecular flexibility index (Phi) is 8.77. The third kappa shape index (κ3) is 6.69. The van der Waals surface area contributed by atoms with Gasteiger partial charge in [-0.05, 0) is 31.9 Å². The van der Waals surface area contributed by atoms with Crippen LogP contribution in [0.15, 0.2) is 30.3 Å². The third-order valence-corrected chi connectivity index (χ3v) is 7.32. The molecule has 9 nitrogen and oxygen atoms in total. The number of amides is 1. The maximum atomic E-state index is 12.5. The number of carboxylic acids is 1. The summed E-state index contributed by atoms with van der Waals surface area (Å²) >= 11 is 0. The first kappa shape index (κ1) is 24.9. The summed E-state index contributed by atoms with van der Waals surface area (Å²) in [5, 5.41) is 8.97. The van der Waals surface area contributed by atoms with Crippen LogP contribution >= 0.6 is 0 Å². The van der Waals surface area contributed by atoms with Crippen LogP contribution in [0.3, 0.4) is 0 Å². The van der Waals surface area contributed by atoms with Crippen LogP contribution in [0.4, 0.5) is 4.79 Å². The van der Waals surface area contributed by atoms with Gasteiger partial charge in [0, 0.05) is 65.4 Å². The highest BCUT2D eigenvalue weighted by atomic mass is 16.6. The highest BCUT2D eigenvalue weighted by Crippen LogP contribution is 2.24. The number of ether oxygens (including phenoxy) is 1. The predicted octanol–water partition coefficient (Wildman–Crippen LogP) is 1.45. The number of hydrogen-bond acceptors (Lipinski definition) is 7. The van der Waals surface area contributed by atoms with E-state index < -0.39 is 5.97 Å². The number of hydrogen-bond donors (Lipinski definition) is 1. The Labute approximate surface area is 202 Å². The molecule has 0 saturated carbocycles. The van der Waals surface area contributed by atoms with Crippen LogP contribution in [0.1, 0.15) is 25.3 Å². The minimum absolute atomic E-state index is 0.0139. The molecule has 0 bridgehead atoms. The van der Waals surface area contributed by atoms with Gasteiger partial charge < -0.3 is 19.6 Å². The Balaban J connectivity index is 1.12. The second-order valence-electron chi connectivity index (χ2n) is 9.72. The van der Waals surface area contributed by atoms with Crippen molar-refractivity contribution < 1.29 is 19.4 Å². The predicted molar refractivity (Wildman–Crippen MR) is 129 cm³/mol. The summed E-state index contributed by atoms with van der Waals surface area (Å²) in [5.74, 6) is -0.797. The molecule has 3 aliphatic rings. The van der Waals surface area contributed by atoms with E-state index in [9.17, 15) is 9.59 Å². The third-order valence-electron chi connectivity index (χ3n) is 7.32. The number of carbonyl (C=O) groups is 2. The number of unbranched alkanes of at least 4 members (excludes halogenated alkanes) is 1. The number of piperazine rings is 2. The van der Waals surface area contributed by atoms with Crippen molar-refractivity contribution in [3.8, 4) is 0 Å². The Hall–Kier alpha value is -2.20. The first-order valence-corrected chi connectivity index (χ1v) is 12.6. The lowest BCUT2D eigenvalue weighted by Crippen LogP contribution is -2.54. The molecule has 3 aliphatic heterocycles. The van der Waals surface area contributed by atoms with E-state index in [4.69, 9.17) is 9.84 Å². The molecule has 2 atom stereocenters. The molecule has 34 heavy (non-hydrogen) atoms. The fourth-order valence-corrected chi connectivity index (χ4v) is 5.26. The van der Waals surface area contributed by atoms with Crippen molar-refractivity contribution in [3.63, 3.8) is 0 Å². The summed E-state index contributed by atoms with van der Waals surface area (Å²) in [6.07, 6.45) is 1.59. The van der Waals surface area contributed by atoms with E-state index in [2.05, 4.69) is 52.0 Å². The summed E-state index contributed by atoms with van der Waals surface area (Å²) in [7, 11) is 0. The minimum Gasteiger partial charge on any atom is -0.480 e. The van der Waals surface area contributed by atoms with Crippen LogP contribution in [0.25, 0.3) is 0 Å². The molecule has 0 aromatic heterocycles. The van der Waals surface area contributed by atoms with Crippen LogP contribution < -0.4 is 0 Å². The molecule has 4 rings (SSSR count). The Bertz CT molecular complexity index is 794. The number of carboxylic acid groups (broad SMARTS) is 1. The maximum absolute atomic E-state index is 12.5. The van der Waals surface area contributed by atoms with Gasteiger partial charge in [-0.2, -0.15) is 0 Å². The largest absolute Gasteiger partial charge is 0.480 e.